The molecule has 1 N–H and O–H groups in total. The maximum absolute atomic E-state index is 5.68. The number of ether oxygens (including phenoxy) is 2. The first-order valence-electron chi connectivity index (χ1n) is 8.40. The summed E-state index contributed by atoms with van der Waals surface area (Å²) in [7, 11) is 0. The topological polar surface area (TPSA) is 30.5 Å². The van der Waals surface area contributed by atoms with Gasteiger partial charge in [0.2, 0.25) is 0 Å². The Bertz CT molecular complexity index is 433. The lowest BCUT2D eigenvalue weighted by Crippen LogP contribution is -2.31. The standard InChI is InChI=1S/C18H29NO2/c1-4-6-8-16(7-5-2)19-14(3)15-9-10-17-18(13-15)21-12-11-20-17/h9-10,13-14,16,19H,4-8,11-12H2,1-3H3. The van der Waals surface area contributed by atoms with E-state index in [1.54, 1.807) is 0 Å². The zero-order valence-corrected chi connectivity index (χ0v) is 13.7. The Kier molecular flexibility index (Phi) is 6.37. The van der Waals surface area contributed by atoms with Crippen LogP contribution in [0.5, 0.6) is 11.5 Å². The first-order chi connectivity index (χ1) is 10.2. The van der Waals surface area contributed by atoms with Gasteiger partial charge in [0.05, 0.1) is 0 Å². The van der Waals surface area contributed by atoms with Crippen molar-refractivity contribution in [2.45, 2.75) is 65.0 Å². The first kappa shape index (κ1) is 16.2. The Labute approximate surface area is 129 Å². The molecule has 1 heterocycles. The minimum absolute atomic E-state index is 0.342. The summed E-state index contributed by atoms with van der Waals surface area (Å²) in [5, 5.41) is 3.78. The smallest absolute Gasteiger partial charge is 0.161 e. The van der Waals surface area contributed by atoms with Crippen LogP contribution in [0.1, 0.15) is 64.5 Å². The maximum atomic E-state index is 5.68. The van der Waals surface area contributed by atoms with Gasteiger partial charge < -0.3 is 14.8 Å². The molecule has 21 heavy (non-hydrogen) atoms. The Morgan fingerprint density at radius 3 is 2.52 bits per heavy atom. The molecule has 0 aliphatic carbocycles. The van der Waals surface area contributed by atoms with E-state index < -0.39 is 0 Å². The summed E-state index contributed by atoms with van der Waals surface area (Å²) in [6.07, 6.45) is 6.30. The van der Waals surface area contributed by atoms with Crippen LogP contribution in [0.15, 0.2) is 18.2 Å². The highest BCUT2D eigenvalue weighted by Crippen LogP contribution is 2.32. The second-order valence-electron chi connectivity index (χ2n) is 5.92. The number of rotatable bonds is 8. The number of hydrogen-bond donors (Lipinski definition) is 1. The van der Waals surface area contributed by atoms with Crippen LogP contribution in [0.25, 0.3) is 0 Å². The Hall–Kier alpha value is -1.22. The normalized spacial score (nSPS) is 16.5. The van der Waals surface area contributed by atoms with E-state index in [1.165, 1.54) is 37.7 Å². The summed E-state index contributed by atoms with van der Waals surface area (Å²) in [5.74, 6) is 1.75. The van der Waals surface area contributed by atoms with Gasteiger partial charge in [-0.2, -0.15) is 0 Å². The second kappa shape index (κ2) is 8.28. The molecule has 118 valence electrons. The van der Waals surface area contributed by atoms with Crippen LogP contribution < -0.4 is 14.8 Å². The van der Waals surface area contributed by atoms with Crippen molar-refractivity contribution in [2.75, 3.05) is 13.2 Å². The van der Waals surface area contributed by atoms with Crippen LogP contribution in [0.3, 0.4) is 0 Å². The average molecular weight is 291 g/mol. The van der Waals surface area contributed by atoms with Crippen LogP contribution in [0.2, 0.25) is 0 Å². The third-order valence-corrected chi connectivity index (χ3v) is 4.10. The maximum Gasteiger partial charge on any atom is 0.161 e. The fraction of sp³-hybridized carbons (Fsp3) is 0.667. The molecule has 0 radical (unpaired) electrons. The van der Waals surface area contributed by atoms with Gasteiger partial charge in [-0.3, -0.25) is 0 Å². The van der Waals surface area contributed by atoms with Crippen LogP contribution in [0.4, 0.5) is 0 Å². The van der Waals surface area contributed by atoms with Gasteiger partial charge in [-0.1, -0.05) is 39.2 Å². The van der Waals surface area contributed by atoms with Gasteiger partial charge >= 0.3 is 0 Å². The third kappa shape index (κ3) is 4.63. The zero-order chi connectivity index (χ0) is 15.1. The molecular formula is C18H29NO2. The van der Waals surface area contributed by atoms with E-state index in [-0.39, 0.29) is 0 Å². The summed E-state index contributed by atoms with van der Waals surface area (Å²) < 4.78 is 11.3. The van der Waals surface area contributed by atoms with Crippen molar-refractivity contribution >= 4 is 0 Å². The highest BCUT2D eigenvalue weighted by molar-refractivity contribution is 5.44. The number of hydrogen-bond acceptors (Lipinski definition) is 3. The molecule has 3 nitrogen and oxygen atoms in total. The minimum atomic E-state index is 0.342. The molecule has 1 aromatic rings. The van der Waals surface area contributed by atoms with Gasteiger partial charge in [-0.25, -0.2) is 0 Å². The van der Waals surface area contributed by atoms with E-state index in [0.717, 1.165) is 11.5 Å². The molecule has 0 fully saturated rings. The van der Waals surface area contributed by atoms with Gasteiger partial charge in [-0.15, -0.1) is 0 Å². The van der Waals surface area contributed by atoms with Gasteiger partial charge in [0.25, 0.3) is 0 Å². The lowest BCUT2D eigenvalue weighted by Gasteiger charge is -2.25. The summed E-state index contributed by atoms with van der Waals surface area (Å²) >= 11 is 0. The van der Waals surface area contributed by atoms with Crippen molar-refractivity contribution in [3.05, 3.63) is 23.8 Å². The van der Waals surface area contributed by atoms with Gasteiger partial charge in [0.1, 0.15) is 13.2 Å². The molecule has 2 rings (SSSR count). The van der Waals surface area contributed by atoms with Crippen LogP contribution >= 0.6 is 0 Å². The summed E-state index contributed by atoms with van der Waals surface area (Å²) in [6, 6.07) is 7.25. The van der Waals surface area contributed by atoms with E-state index in [9.17, 15) is 0 Å². The molecule has 0 bridgehead atoms. The predicted octanol–water partition coefficient (Wildman–Crippen LogP) is 4.47. The summed E-state index contributed by atoms with van der Waals surface area (Å²) in [4.78, 5) is 0. The lowest BCUT2D eigenvalue weighted by atomic mass is 10.0. The number of benzene rings is 1. The van der Waals surface area contributed by atoms with E-state index in [1.807, 2.05) is 6.07 Å². The highest BCUT2D eigenvalue weighted by atomic mass is 16.6. The average Bonchev–Trinajstić information content (AvgIpc) is 2.52. The van der Waals surface area contributed by atoms with E-state index in [2.05, 4.69) is 38.2 Å². The van der Waals surface area contributed by atoms with Crippen molar-refractivity contribution in [3.63, 3.8) is 0 Å². The van der Waals surface area contributed by atoms with Crippen molar-refractivity contribution < 1.29 is 9.47 Å². The van der Waals surface area contributed by atoms with Crippen molar-refractivity contribution in [3.8, 4) is 11.5 Å². The molecular weight excluding hydrogens is 262 g/mol. The molecule has 1 aliphatic heterocycles. The number of unbranched alkanes of at least 4 members (excludes halogenated alkanes) is 1. The quantitative estimate of drug-likeness (QED) is 0.766. The molecule has 2 atom stereocenters. The van der Waals surface area contributed by atoms with Crippen molar-refractivity contribution in [1.82, 2.24) is 5.32 Å². The van der Waals surface area contributed by atoms with Gasteiger partial charge in [0, 0.05) is 12.1 Å². The number of fused-ring (bicyclic) bond motifs is 1. The zero-order valence-electron chi connectivity index (χ0n) is 13.7. The monoisotopic (exact) mass is 291 g/mol. The molecule has 3 heteroatoms. The van der Waals surface area contributed by atoms with Crippen molar-refractivity contribution in [1.29, 1.82) is 0 Å². The van der Waals surface area contributed by atoms with Crippen LogP contribution in [0, 0.1) is 0 Å². The Balaban J connectivity index is 1.99. The molecule has 2 unspecified atom stereocenters. The number of nitrogens with one attached hydrogen (secondary N) is 1. The molecule has 0 saturated carbocycles. The van der Waals surface area contributed by atoms with E-state index >= 15 is 0 Å². The minimum Gasteiger partial charge on any atom is -0.486 e. The summed E-state index contributed by atoms with van der Waals surface area (Å²) in [6.45, 7) is 8.05. The molecule has 0 aromatic heterocycles. The molecule has 1 aliphatic rings. The molecule has 0 spiro atoms. The third-order valence-electron chi connectivity index (χ3n) is 4.10. The Morgan fingerprint density at radius 1 is 1.05 bits per heavy atom. The fourth-order valence-electron chi connectivity index (χ4n) is 2.89. The largest absolute Gasteiger partial charge is 0.486 e. The van der Waals surface area contributed by atoms with Crippen LogP contribution in [-0.2, 0) is 0 Å². The first-order valence-corrected chi connectivity index (χ1v) is 8.40. The second-order valence-corrected chi connectivity index (χ2v) is 5.92. The fourth-order valence-corrected chi connectivity index (χ4v) is 2.89. The van der Waals surface area contributed by atoms with E-state index in [4.69, 9.17) is 9.47 Å². The Morgan fingerprint density at radius 2 is 1.81 bits per heavy atom. The molecule has 0 saturated heterocycles. The predicted molar refractivity (Wildman–Crippen MR) is 87.2 cm³/mol. The van der Waals surface area contributed by atoms with Crippen molar-refractivity contribution in [2.24, 2.45) is 0 Å². The molecule has 1 aromatic carbocycles. The van der Waals surface area contributed by atoms with Crippen LogP contribution in [-0.4, -0.2) is 19.3 Å². The van der Waals surface area contributed by atoms with E-state index in [0.29, 0.717) is 25.3 Å². The lowest BCUT2D eigenvalue weighted by molar-refractivity contribution is 0.171. The molecule has 0 amide bonds. The van der Waals surface area contributed by atoms with Gasteiger partial charge in [-0.05, 0) is 37.5 Å². The van der Waals surface area contributed by atoms with Gasteiger partial charge in [0.15, 0.2) is 11.5 Å². The highest BCUT2D eigenvalue weighted by Gasteiger charge is 2.16. The summed E-state index contributed by atoms with van der Waals surface area (Å²) in [5.41, 5.74) is 1.27. The SMILES string of the molecule is CCCCC(CCC)NC(C)c1ccc2c(c1)OCCO2.